The van der Waals surface area contributed by atoms with E-state index < -0.39 is 81.8 Å². The van der Waals surface area contributed by atoms with Gasteiger partial charge in [0.05, 0.1) is 36.1 Å². The SMILES string of the molecule is CC(C)OC(=O)OCC(COC(=O)OC(C)C)(OC[C@H]1O[C@@H](n2ncc3c(N[C@@H](C)c4ccc(F)cc4)cc(Cl)nc32)[C@H](O)[C@@H]1O)P(=O)(O)O. The predicted octanol–water partition coefficient (Wildman–Crippen LogP) is 4.03. The number of anilines is 1. The summed E-state index contributed by atoms with van der Waals surface area (Å²) in [7, 11) is -5.48. The number of carbonyl (C=O) groups excluding carboxylic acids is 2. The van der Waals surface area contributed by atoms with Gasteiger partial charge in [-0.2, -0.15) is 5.10 Å². The van der Waals surface area contributed by atoms with E-state index in [1.54, 1.807) is 18.2 Å². The van der Waals surface area contributed by atoms with Crippen molar-refractivity contribution in [1.82, 2.24) is 14.8 Å². The van der Waals surface area contributed by atoms with Crippen LogP contribution in [0.5, 0.6) is 0 Å². The van der Waals surface area contributed by atoms with Crippen LogP contribution in [-0.2, 0) is 33.0 Å². The van der Waals surface area contributed by atoms with E-state index in [0.29, 0.717) is 11.1 Å². The Morgan fingerprint density at radius 3 is 2.16 bits per heavy atom. The average Bonchev–Trinajstić information content (AvgIpc) is 3.55. The fourth-order valence-corrected chi connectivity index (χ4v) is 5.74. The molecule has 3 aromatic rings. The van der Waals surface area contributed by atoms with E-state index in [1.807, 2.05) is 6.92 Å². The summed E-state index contributed by atoms with van der Waals surface area (Å²) in [6.45, 7) is 4.75. The van der Waals surface area contributed by atoms with E-state index in [-0.39, 0.29) is 22.7 Å². The molecular formula is C30H39ClFN4O13P. The maximum Gasteiger partial charge on any atom is 0.508 e. The summed E-state index contributed by atoms with van der Waals surface area (Å²) in [5.41, 5.74) is 1.41. The largest absolute Gasteiger partial charge is 0.508 e. The summed E-state index contributed by atoms with van der Waals surface area (Å²) < 4.78 is 58.4. The predicted molar refractivity (Wildman–Crippen MR) is 173 cm³/mol. The zero-order valence-corrected chi connectivity index (χ0v) is 29.3. The number of nitrogens with zero attached hydrogens (tertiary/aromatic N) is 3. The molecule has 3 heterocycles. The molecule has 0 aliphatic carbocycles. The molecule has 1 aliphatic heterocycles. The quantitative estimate of drug-likeness (QED) is 0.0890. The first-order valence-electron chi connectivity index (χ1n) is 15.3. The van der Waals surface area contributed by atoms with E-state index in [4.69, 9.17) is 40.0 Å². The second-order valence-corrected chi connectivity index (χ2v) is 14.3. The summed E-state index contributed by atoms with van der Waals surface area (Å²) in [6.07, 6.45) is -8.68. The Kier molecular flexibility index (Phi) is 12.7. The fraction of sp³-hybridized carbons (Fsp3) is 0.533. The number of aliphatic hydroxyl groups is 2. The molecule has 4 rings (SSSR count). The van der Waals surface area contributed by atoms with E-state index >= 15 is 0 Å². The van der Waals surface area contributed by atoms with Crippen molar-refractivity contribution < 1.29 is 67.0 Å². The van der Waals surface area contributed by atoms with Gasteiger partial charge in [0, 0.05) is 6.04 Å². The maximum absolute atomic E-state index is 13.4. The Morgan fingerprint density at radius 2 is 1.62 bits per heavy atom. The number of fused-ring (bicyclic) bond motifs is 1. The van der Waals surface area contributed by atoms with Gasteiger partial charge in [-0.05, 0) is 58.4 Å². The van der Waals surface area contributed by atoms with Crippen LogP contribution in [-0.4, -0.2) is 103 Å². The Hall–Kier alpha value is -3.61. The first-order valence-corrected chi connectivity index (χ1v) is 17.3. The standard InChI is InChI=1S/C30H39ClFN4O13P/c1-15(2)47-28(39)44-13-30(50(41,42)43,14-45-29(40)48-16(3)4)46-12-22-24(37)25(38)27(49-22)36-26-20(11-33-36)21(10-23(31)35-26)34-17(5)18-6-8-19(32)9-7-18/h6-11,15-17,22,24-25,27,37-38H,12-14H2,1-5H3,(H,34,35)(H2,41,42,43)/t17-,22+,24+,25+,27+/m0/s1. The number of aromatic nitrogens is 3. The van der Waals surface area contributed by atoms with Gasteiger partial charge in [-0.1, -0.05) is 23.7 Å². The molecule has 1 aliphatic rings. The van der Waals surface area contributed by atoms with E-state index in [9.17, 15) is 38.5 Å². The molecule has 0 amide bonds. The highest BCUT2D eigenvalue weighted by atomic mass is 35.5. The third-order valence-corrected chi connectivity index (χ3v) is 9.04. The van der Waals surface area contributed by atoms with Crippen molar-refractivity contribution in [1.29, 1.82) is 0 Å². The zero-order chi connectivity index (χ0) is 37.0. The lowest BCUT2D eigenvalue weighted by Crippen LogP contribution is -2.47. The molecule has 2 aromatic heterocycles. The molecule has 1 saturated heterocycles. The normalized spacial score (nSPS) is 20.3. The molecule has 5 N–H and O–H groups in total. The lowest BCUT2D eigenvalue weighted by atomic mass is 10.1. The molecule has 0 spiro atoms. The number of halogens is 2. The molecule has 1 fully saturated rings. The lowest BCUT2D eigenvalue weighted by molar-refractivity contribution is -0.130. The first kappa shape index (κ1) is 39.2. The Balaban J connectivity index is 1.56. The van der Waals surface area contributed by atoms with Crippen LogP contribution in [0.15, 0.2) is 36.5 Å². The highest BCUT2D eigenvalue weighted by molar-refractivity contribution is 7.53. The Morgan fingerprint density at radius 1 is 1.04 bits per heavy atom. The second kappa shape index (κ2) is 16.2. The summed E-state index contributed by atoms with van der Waals surface area (Å²) in [6, 6.07) is 7.15. The number of nitrogens with one attached hydrogen (secondary N) is 1. The number of hydrogen-bond acceptors (Lipinski definition) is 14. The summed E-state index contributed by atoms with van der Waals surface area (Å²) in [5.74, 6) is -0.385. The van der Waals surface area contributed by atoms with Crippen LogP contribution in [0.2, 0.25) is 5.15 Å². The first-order chi connectivity index (χ1) is 23.4. The zero-order valence-electron chi connectivity index (χ0n) is 27.6. The van der Waals surface area contributed by atoms with Gasteiger partial charge in [0.25, 0.3) is 0 Å². The molecule has 1 aromatic carbocycles. The van der Waals surface area contributed by atoms with Crippen LogP contribution in [0.3, 0.4) is 0 Å². The fourth-order valence-electron chi connectivity index (χ4n) is 4.84. The molecule has 50 heavy (non-hydrogen) atoms. The van der Waals surface area contributed by atoms with E-state index in [0.717, 1.165) is 10.2 Å². The number of benzene rings is 1. The number of rotatable bonds is 14. The van der Waals surface area contributed by atoms with Gasteiger partial charge in [0.2, 0.25) is 5.34 Å². The molecule has 20 heteroatoms. The summed E-state index contributed by atoms with van der Waals surface area (Å²) in [4.78, 5) is 49.2. The highest BCUT2D eigenvalue weighted by Gasteiger charge is 2.54. The summed E-state index contributed by atoms with van der Waals surface area (Å²) >= 11 is 6.33. The van der Waals surface area contributed by atoms with Crippen molar-refractivity contribution in [3.8, 4) is 0 Å². The number of aliphatic hydroxyl groups excluding tert-OH is 2. The van der Waals surface area contributed by atoms with Gasteiger partial charge < -0.3 is 53.7 Å². The summed E-state index contributed by atoms with van der Waals surface area (Å²) in [5, 5.41) is 27.1. The molecule has 0 saturated carbocycles. The Bertz CT molecular complexity index is 1660. The van der Waals surface area contributed by atoms with Gasteiger partial charge in [0.15, 0.2) is 11.9 Å². The lowest BCUT2D eigenvalue weighted by Gasteiger charge is -2.33. The third-order valence-electron chi connectivity index (χ3n) is 7.40. The minimum absolute atomic E-state index is 0.0411. The van der Waals surface area contributed by atoms with Crippen molar-refractivity contribution in [3.05, 3.63) is 53.1 Å². The van der Waals surface area contributed by atoms with Gasteiger partial charge in [-0.15, -0.1) is 0 Å². The van der Waals surface area contributed by atoms with Crippen LogP contribution in [0.1, 0.15) is 52.5 Å². The number of ether oxygens (including phenoxy) is 6. The molecule has 5 atom stereocenters. The minimum Gasteiger partial charge on any atom is -0.432 e. The van der Waals surface area contributed by atoms with Crippen LogP contribution >= 0.6 is 19.2 Å². The molecule has 0 unspecified atom stereocenters. The third kappa shape index (κ3) is 9.38. The van der Waals surface area contributed by atoms with Crippen LogP contribution < -0.4 is 5.32 Å². The Labute approximate surface area is 290 Å². The van der Waals surface area contributed by atoms with E-state index in [1.165, 1.54) is 46.0 Å². The molecular weight excluding hydrogens is 710 g/mol. The highest BCUT2D eigenvalue weighted by Crippen LogP contribution is 2.52. The monoisotopic (exact) mass is 748 g/mol. The molecule has 276 valence electrons. The second-order valence-electron chi connectivity index (χ2n) is 12.0. The average molecular weight is 749 g/mol. The number of hydrogen-bond donors (Lipinski definition) is 5. The maximum atomic E-state index is 13.4. The van der Waals surface area contributed by atoms with Crippen molar-refractivity contribution in [2.24, 2.45) is 0 Å². The molecule has 17 nitrogen and oxygen atoms in total. The van der Waals surface area contributed by atoms with Gasteiger partial charge in [0.1, 0.15) is 42.5 Å². The number of carbonyl (C=O) groups is 2. The van der Waals surface area contributed by atoms with Gasteiger partial charge in [-0.25, -0.2) is 23.6 Å². The van der Waals surface area contributed by atoms with Gasteiger partial charge >= 0.3 is 19.9 Å². The minimum atomic E-state index is -5.48. The topological polar surface area (TPSA) is 230 Å². The smallest absolute Gasteiger partial charge is 0.432 e. The van der Waals surface area contributed by atoms with Crippen molar-refractivity contribution in [3.63, 3.8) is 0 Å². The van der Waals surface area contributed by atoms with Crippen molar-refractivity contribution in [2.75, 3.05) is 25.1 Å². The van der Waals surface area contributed by atoms with Crippen molar-refractivity contribution >= 4 is 48.2 Å². The van der Waals surface area contributed by atoms with Crippen molar-refractivity contribution in [2.45, 2.75) is 82.8 Å². The van der Waals surface area contributed by atoms with Gasteiger partial charge in [-0.3, -0.25) is 4.57 Å². The molecule has 0 bridgehead atoms. The van der Waals surface area contributed by atoms with Crippen LogP contribution in [0.4, 0.5) is 19.7 Å². The number of pyridine rings is 1. The van der Waals surface area contributed by atoms with Crippen LogP contribution in [0, 0.1) is 5.82 Å². The van der Waals surface area contributed by atoms with E-state index in [2.05, 4.69) is 15.4 Å². The molecule has 0 radical (unpaired) electrons. The van der Waals surface area contributed by atoms with Crippen LogP contribution in [0.25, 0.3) is 11.0 Å².